The molecule has 4 heterocycles. The van der Waals surface area contributed by atoms with Gasteiger partial charge in [-0.3, -0.25) is 23.9 Å². The summed E-state index contributed by atoms with van der Waals surface area (Å²) in [7, 11) is 0. The fraction of sp³-hybridized carbons (Fsp3) is 0.250. The summed E-state index contributed by atoms with van der Waals surface area (Å²) < 4.78 is 3.46. The van der Waals surface area contributed by atoms with Gasteiger partial charge in [0, 0.05) is 28.9 Å². The molecule has 1 aliphatic heterocycles. The van der Waals surface area contributed by atoms with Crippen molar-refractivity contribution in [1.82, 2.24) is 34.7 Å². The second-order valence-corrected chi connectivity index (χ2v) is 14.1. The standard InChI is InChI=1S/C36H29Cl2N9O3/c1-34(17-22-2-4-23(18-39)5-3-22)32(50)46(27-15-24(37)14-25(38)16-27)33-42-20-28(47(33)34)30(48)43-36(10-11-36)31(49)44-35(8-9-35)29-7-6-26(19-41-29)45-13-12-40-21-45/h2-7,12-16,19-21H,8-11,17H2,1H3,(H,43,48)(H,44,49)/t34-/m1/s1. The monoisotopic (exact) mass is 705 g/mol. The Balaban J connectivity index is 1.08. The molecule has 2 aromatic carbocycles. The van der Waals surface area contributed by atoms with E-state index in [1.807, 2.05) is 22.9 Å². The summed E-state index contributed by atoms with van der Waals surface area (Å²) in [4.78, 5) is 57.0. The Morgan fingerprint density at radius 2 is 1.68 bits per heavy atom. The van der Waals surface area contributed by atoms with E-state index in [1.165, 1.54) is 11.1 Å². The van der Waals surface area contributed by atoms with Crippen LogP contribution in [-0.4, -0.2) is 47.3 Å². The van der Waals surface area contributed by atoms with E-state index >= 15 is 0 Å². The molecule has 5 aromatic rings. The minimum absolute atomic E-state index is 0.122. The topological polar surface area (TPSA) is 151 Å². The molecule has 12 nitrogen and oxygen atoms in total. The van der Waals surface area contributed by atoms with Crippen LogP contribution in [0.1, 0.15) is 59.9 Å². The third kappa shape index (κ3) is 5.30. The number of aromatic nitrogens is 5. The van der Waals surface area contributed by atoms with Crippen LogP contribution >= 0.6 is 23.2 Å². The molecule has 1 atom stereocenters. The van der Waals surface area contributed by atoms with E-state index in [-0.39, 0.29) is 29.9 Å². The number of hydrogen-bond acceptors (Lipinski definition) is 7. The summed E-state index contributed by atoms with van der Waals surface area (Å²) in [5.74, 6) is -0.949. The van der Waals surface area contributed by atoms with Gasteiger partial charge < -0.3 is 15.2 Å². The van der Waals surface area contributed by atoms with Gasteiger partial charge in [0.2, 0.25) is 11.9 Å². The molecule has 0 spiro atoms. The number of nitrogens with one attached hydrogen (secondary N) is 2. The second kappa shape index (κ2) is 11.5. The zero-order chi connectivity index (χ0) is 34.8. The van der Waals surface area contributed by atoms with Crippen molar-refractivity contribution in [2.75, 3.05) is 4.90 Å². The van der Waals surface area contributed by atoms with Crippen LogP contribution < -0.4 is 15.5 Å². The molecule has 8 rings (SSSR count). The maximum atomic E-state index is 14.4. The minimum Gasteiger partial charge on any atom is -0.343 e. The van der Waals surface area contributed by atoms with Gasteiger partial charge in [0.15, 0.2) is 0 Å². The number of hydrogen-bond donors (Lipinski definition) is 2. The van der Waals surface area contributed by atoms with E-state index in [1.54, 1.807) is 72.7 Å². The largest absolute Gasteiger partial charge is 0.343 e. The summed E-state index contributed by atoms with van der Waals surface area (Å²) in [6.07, 6.45) is 10.9. The van der Waals surface area contributed by atoms with Crippen LogP contribution in [0.3, 0.4) is 0 Å². The quantitative estimate of drug-likeness (QED) is 0.210. The number of nitriles is 1. The van der Waals surface area contributed by atoms with Crippen molar-refractivity contribution in [1.29, 1.82) is 5.26 Å². The Morgan fingerprint density at radius 1 is 0.940 bits per heavy atom. The van der Waals surface area contributed by atoms with Crippen LogP contribution in [0.4, 0.5) is 11.6 Å². The van der Waals surface area contributed by atoms with E-state index < -0.39 is 22.5 Å². The molecular formula is C36H29Cl2N9O3. The highest BCUT2D eigenvalue weighted by molar-refractivity contribution is 6.35. The van der Waals surface area contributed by atoms with Crippen LogP contribution in [0.15, 0.2) is 85.7 Å². The molecule has 0 saturated heterocycles. The van der Waals surface area contributed by atoms with Gasteiger partial charge in [0.25, 0.3) is 11.8 Å². The maximum Gasteiger partial charge on any atom is 0.270 e. The molecule has 3 aromatic heterocycles. The first kappa shape index (κ1) is 31.7. The van der Waals surface area contributed by atoms with Crippen molar-refractivity contribution in [3.63, 3.8) is 0 Å². The van der Waals surface area contributed by atoms with Crippen LogP contribution in [0.5, 0.6) is 0 Å². The lowest BCUT2D eigenvalue weighted by Gasteiger charge is -2.27. The van der Waals surface area contributed by atoms with Gasteiger partial charge in [0.05, 0.1) is 53.0 Å². The molecule has 0 unspecified atom stereocenters. The summed E-state index contributed by atoms with van der Waals surface area (Å²) in [5.41, 5.74) is 0.361. The number of rotatable bonds is 9. The summed E-state index contributed by atoms with van der Waals surface area (Å²) in [6.45, 7) is 1.74. The zero-order valence-corrected chi connectivity index (χ0v) is 28.2. The Bertz CT molecular complexity index is 2200. The lowest BCUT2D eigenvalue weighted by molar-refractivity contribution is -0.125. The zero-order valence-electron chi connectivity index (χ0n) is 26.7. The Morgan fingerprint density at radius 3 is 2.28 bits per heavy atom. The van der Waals surface area contributed by atoms with Crippen molar-refractivity contribution in [2.45, 2.75) is 55.6 Å². The fourth-order valence-electron chi connectivity index (χ4n) is 6.68. The van der Waals surface area contributed by atoms with E-state index in [2.05, 4.69) is 31.7 Å². The summed E-state index contributed by atoms with van der Waals surface area (Å²) >= 11 is 12.7. The van der Waals surface area contributed by atoms with E-state index in [9.17, 15) is 19.6 Å². The predicted molar refractivity (Wildman–Crippen MR) is 184 cm³/mol. The molecule has 2 N–H and O–H groups in total. The van der Waals surface area contributed by atoms with Crippen molar-refractivity contribution < 1.29 is 14.4 Å². The first-order valence-electron chi connectivity index (χ1n) is 16.0. The smallest absolute Gasteiger partial charge is 0.270 e. The SMILES string of the molecule is C[C@@]1(Cc2ccc(C#N)cc2)C(=O)N(c2cc(Cl)cc(Cl)c2)c2ncc(C(=O)NC3(C(=O)NC4(c5ccc(-n6ccnc6)cn5)CC4)CC3)n21. The molecule has 3 aliphatic rings. The highest BCUT2D eigenvalue weighted by atomic mass is 35.5. The lowest BCUT2D eigenvalue weighted by Crippen LogP contribution is -2.52. The first-order chi connectivity index (χ1) is 24.0. The van der Waals surface area contributed by atoms with Crippen LogP contribution in [0, 0.1) is 11.3 Å². The second-order valence-electron chi connectivity index (χ2n) is 13.3. The lowest BCUT2D eigenvalue weighted by atomic mass is 9.91. The van der Waals surface area contributed by atoms with Crippen LogP contribution in [-0.2, 0) is 27.1 Å². The maximum absolute atomic E-state index is 14.4. The molecule has 2 aliphatic carbocycles. The van der Waals surface area contributed by atoms with Gasteiger partial charge in [-0.2, -0.15) is 5.26 Å². The number of amides is 3. The third-order valence-electron chi connectivity index (χ3n) is 9.75. The minimum atomic E-state index is -1.31. The third-order valence-corrected chi connectivity index (χ3v) is 10.2. The number of imidazole rings is 2. The highest BCUT2D eigenvalue weighted by Gasteiger charge is 2.57. The van der Waals surface area contributed by atoms with E-state index in [4.69, 9.17) is 23.2 Å². The van der Waals surface area contributed by atoms with E-state index in [0.29, 0.717) is 34.1 Å². The number of pyridine rings is 1. The number of benzene rings is 2. The van der Waals surface area contributed by atoms with Gasteiger partial charge in [-0.15, -0.1) is 0 Å². The highest BCUT2D eigenvalue weighted by Crippen LogP contribution is 2.47. The molecule has 3 amide bonds. The first-order valence-corrected chi connectivity index (χ1v) is 16.8. The molecule has 0 radical (unpaired) electrons. The molecule has 2 fully saturated rings. The predicted octanol–water partition coefficient (Wildman–Crippen LogP) is 5.35. The molecule has 250 valence electrons. The van der Waals surface area contributed by atoms with Gasteiger partial charge in [-0.25, -0.2) is 14.9 Å². The van der Waals surface area contributed by atoms with Crippen LogP contribution in [0.25, 0.3) is 5.69 Å². The van der Waals surface area contributed by atoms with Crippen molar-refractivity contribution in [3.8, 4) is 11.8 Å². The fourth-order valence-corrected chi connectivity index (χ4v) is 7.19. The summed E-state index contributed by atoms with van der Waals surface area (Å²) in [6, 6.07) is 17.6. The number of carbonyl (C=O) groups excluding carboxylic acids is 3. The number of carbonyl (C=O) groups is 3. The summed E-state index contributed by atoms with van der Waals surface area (Å²) in [5, 5.41) is 16.1. The van der Waals surface area contributed by atoms with Gasteiger partial charge in [-0.05, 0) is 80.6 Å². The van der Waals surface area contributed by atoms with Crippen molar-refractivity contribution in [3.05, 3.63) is 118 Å². The van der Waals surface area contributed by atoms with Gasteiger partial charge >= 0.3 is 0 Å². The number of fused-ring (bicyclic) bond motifs is 1. The Hall–Kier alpha value is -5.51. The van der Waals surface area contributed by atoms with Crippen molar-refractivity contribution >= 4 is 52.6 Å². The average molecular weight is 707 g/mol. The number of anilines is 2. The Labute approximate surface area is 296 Å². The Kier molecular flexibility index (Phi) is 7.32. The molecule has 50 heavy (non-hydrogen) atoms. The molecule has 14 heteroatoms. The normalized spacial score (nSPS) is 19.4. The van der Waals surface area contributed by atoms with Crippen LogP contribution in [0.2, 0.25) is 10.0 Å². The molecule has 2 saturated carbocycles. The number of halogens is 2. The van der Waals surface area contributed by atoms with Gasteiger partial charge in [0.1, 0.15) is 16.8 Å². The molecular weight excluding hydrogens is 677 g/mol. The average Bonchev–Trinajstić information content (AvgIpc) is 3.90. The molecule has 0 bridgehead atoms. The number of nitrogens with zero attached hydrogens (tertiary/aromatic N) is 7. The van der Waals surface area contributed by atoms with Crippen molar-refractivity contribution in [2.24, 2.45) is 0 Å². The van der Waals surface area contributed by atoms with E-state index in [0.717, 1.165) is 29.8 Å². The van der Waals surface area contributed by atoms with Gasteiger partial charge in [-0.1, -0.05) is 35.3 Å².